The van der Waals surface area contributed by atoms with Gasteiger partial charge in [0.25, 0.3) is 0 Å². The van der Waals surface area contributed by atoms with Crippen LogP contribution in [0.2, 0.25) is 0 Å². The fraction of sp³-hybridized carbons (Fsp3) is 0.190. The Hall–Kier alpha value is -2.79. The Balaban J connectivity index is 1.61. The highest BCUT2D eigenvalue weighted by Gasteiger charge is 2.19. The minimum absolute atomic E-state index is 0.156. The Morgan fingerprint density at radius 1 is 1.00 bits per heavy atom. The van der Waals surface area contributed by atoms with Gasteiger partial charge in [0.2, 0.25) is 5.78 Å². The number of esters is 1. The molecule has 5 heteroatoms. The Kier molecular flexibility index (Phi) is 5.92. The van der Waals surface area contributed by atoms with Gasteiger partial charge in [-0.05, 0) is 49.4 Å². The largest absolute Gasteiger partial charge is 0.462 e. The lowest BCUT2D eigenvalue weighted by molar-refractivity contribution is 0.0497. The molecule has 2 aromatic heterocycles. The smallest absolute Gasteiger partial charge is 0.338 e. The molecule has 0 saturated carbocycles. The molecule has 0 aliphatic carbocycles. The van der Waals surface area contributed by atoms with Crippen LogP contribution in [0.5, 0.6) is 0 Å². The fourth-order valence-corrected chi connectivity index (χ4v) is 3.31. The molecule has 3 aromatic rings. The zero-order valence-corrected chi connectivity index (χ0v) is 15.3. The summed E-state index contributed by atoms with van der Waals surface area (Å²) in [6, 6.07) is 16.2. The van der Waals surface area contributed by atoms with E-state index in [1.54, 1.807) is 30.3 Å². The Bertz CT molecular complexity index is 903. The molecule has 1 aromatic carbocycles. The van der Waals surface area contributed by atoms with E-state index in [9.17, 15) is 9.59 Å². The second-order valence-corrected chi connectivity index (χ2v) is 6.81. The number of hydrogen-bond acceptors (Lipinski definition) is 5. The van der Waals surface area contributed by atoms with Gasteiger partial charge in [-0.2, -0.15) is 0 Å². The number of ketones is 1. The number of aromatic nitrogens is 1. The van der Waals surface area contributed by atoms with E-state index < -0.39 is 5.97 Å². The van der Waals surface area contributed by atoms with Crippen molar-refractivity contribution < 1.29 is 14.3 Å². The maximum absolute atomic E-state index is 12.6. The maximum atomic E-state index is 12.6. The zero-order valence-electron chi connectivity index (χ0n) is 14.5. The summed E-state index contributed by atoms with van der Waals surface area (Å²) >= 11 is 1.36. The molecule has 0 atom stereocenters. The summed E-state index contributed by atoms with van der Waals surface area (Å²) in [5, 5.41) is 1.84. The highest BCUT2D eigenvalue weighted by Crippen LogP contribution is 2.19. The number of rotatable bonds is 7. The van der Waals surface area contributed by atoms with Gasteiger partial charge in [0.15, 0.2) is 0 Å². The van der Waals surface area contributed by atoms with Crippen LogP contribution in [0.25, 0.3) is 0 Å². The molecule has 0 N–H and O–H groups in total. The Morgan fingerprint density at radius 2 is 1.81 bits per heavy atom. The zero-order chi connectivity index (χ0) is 18.4. The van der Waals surface area contributed by atoms with Crippen molar-refractivity contribution in [3.8, 4) is 0 Å². The molecule has 0 aliphatic rings. The van der Waals surface area contributed by atoms with Crippen LogP contribution in [-0.4, -0.2) is 23.3 Å². The van der Waals surface area contributed by atoms with E-state index >= 15 is 0 Å². The molecule has 0 saturated heterocycles. The van der Waals surface area contributed by atoms with Crippen molar-refractivity contribution in [1.82, 2.24) is 4.98 Å². The summed E-state index contributed by atoms with van der Waals surface area (Å²) in [7, 11) is 0. The van der Waals surface area contributed by atoms with Gasteiger partial charge in [-0.25, -0.2) is 4.79 Å². The number of aryl methyl sites for hydroxylation is 2. The van der Waals surface area contributed by atoms with Gasteiger partial charge in [0.1, 0.15) is 0 Å². The van der Waals surface area contributed by atoms with E-state index in [0.717, 1.165) is 17.8 Å². The van der Waals surface area contributed by atoms with Crippen molar-refractivity contribution in [1.29, 1.82) is 0 Å². The molecule has 0 bridgehead atoms. The van der Waals surface area contributed by atoms with Crippen LogP contribution in [0.15, 0.2) is 60.0 Å². The van der Waals surface area contributed by atoms with Crippen LogP contribution in [-0.2, 0) is 11.2 Å². The van der Waals surface area contributed by atoms with Crippen LogP contribution in [0.3, 0.4) is 0 Å². The highest BCUT2D eigenvalue weighted by atomic mass is 32.1. The summed E-state index contributed by atoms with van der Waals surface area (Å²) in [5.74, 6) is -0.626. The first-order valence-corrected chi connectivity index (χ1v) is 9.30. The standard InChI is InChI=1S/C21H19NO3S/c1-15-7-4-8-16(22-15)9-5-13-25-21(24)18-11-3-2-10-17(18)20(23)19-12-6-14-26-19/h2-4,6-8,10-12,14H,5,9,13H2,1H3. The minimum Gasteiger partial charge on any atom is -0.462 e. The quantitative estimate of drug-likeness (QED) is 0.352. The van der Waals surface area contributed by atoms with Gasteiger partial charge in [-0.15, -0.1) is 11.3 Å². The first kappa shape index (κ1) is 18.0. The fourth-order valence-electron chi connectivity index (χ4n) is 2.63. The SMILES string of the molecule is Cc1cccc(CCCOC(=O)c2ccccc2C(=O)c2cccs2)n1. The van der Waals surface area contributed by atoms with Gasteiger partial charge >= 0.3 is 5.97 Å². The van der Waals surface area contributed by atoms with Gasteiger partial charge in [-0.1, -0.05) is 30.3 Å². The molecule has 0 aliphatic heterocycles. The van der Waals surface area contributed by atoms with Gasteiger partial charge in [-0.3, -0.25) is 9.78 Å². The molecular weight excluding hydrogens is 346 g/mol. The van der Waals surface area contributed by atoms with Crippen molar-refractivity contribution in [3.05, 3.63) is 87.4 Å². The number of nitrogens with zero attached hydrogens (tertiary/aromatic N) is 1. The van der Waals surface area contributed by atoms with E-state index in [1.165, 1.54) is 11.3 Å². The second-order valence-electron chi connectivity index (χ2n) is 5.86. The van der Waals surface area contributed by atoms with Crippen molar-refractivity contribution in [3.63, 3.8) is 0 Å². The van der Waals surface area contributed by atoms with Crippen LogP contribution in [0.4, 0.5) is 0 Å². The number of benzene rings is 1. The average Bonchev–Trinajstić information content (AvgIpc) is 3.19. The molecule has 26 heavy (non-hydrogen) atoms. The third-order valence-electron chi connectivity index (χ3n) is 3.89. The lowest BCUT2D eigenvalue weighted by atomic mass is 10.0. The third-order valence-corrected chi connectivity index (χ3v) is 4.76. The van der Waals surface area contributed by atoms with E-state index in [-0.39, 0.29) is 12.4 Å². The van der Waals surface area contributed by atoms with Gasteiger partial charge < -0.3 is 4.74 Å². The normalized spacial score (nSPS) is 10.5. The van der Waals surface area contributed by atoms with Crippen LogP contribution in [0, 0.1) is 6.92 Å². The summed E-state index contributed by atoms with van der Waals surface area (Å²) in [6.45, 7) is 2.24. The van der Waals surface area contributed by atoms with Crippen molar-refractivity contribution in [2.45, 2.75) is 19.8 Å². The van der Waals surface area contributed by atoms with E-state index in [1.807, 2.05) is 36.6 Å². The van der Waals surface area contributed by atoms with Crippen LogP contribution >= 0.6 is 11.3 Å². The molecule has 0 spiro atoms. The highest BCUT2D eigenvalue weighted by molar-refractivity contribution is 7.12. The monoisotopic (exact) mass is 365 g/mol. The first-order chi connectivity index (χ1) is 12.6. The molecule has 132 valence electrons. The molecule has 0 fully saturated rings. The summed E-state index contributed by atoms with van der Waals surface area (Å²) in [4.78, 5) is 30.0. The minimum atomic E-state index is -0.470. The van der Waals surface area contributed by atoms with Gasteiger partial charge in [0.05, 0.1) is 17.0 Å². The molecule has 3 rings (SSSR count). The molecule has 2 heterocycles. The summed E-state index contributed by atoms with van der Waals surface area (Å²) < 4.78 is 5.37. The third kappa shape index (κ3) is 4.43. The molecule has 0 amide bonds. The number of ether oxygens (including phenoxy) is 1. The summed E-state index contributed by atoms with van der Waals surface area (Å²) in [5.41, 5.74) is 2.63. The van der Waals surface area contributed by atoms with E-state index in [4.69, 9.17) is 4.74 Å². The van der Waals surface area contributed by atoms with Crippen LogP contribution < -0.4 is 0 Å². The Labute approximate surface area is 156 Å². The van der Waals surface area contributed by atoms with Crippen molar-refractivity contribution >= 4 is 23.1 Å². The lowest BCUT2D eigenvalue weighted by Crippen LogP contribution is -2.13. The van der Waals surface area contributed by atoms with Crippen LogP contribution in [0.1, 0.15) is 43.4 Å². The molecule has 4 nitrogen and oxygen atoms in total. The molecule has 0 unspecified atom stereocenters. The second kappa shape index (κ2) is 8.54. The first-order valence-electron chi connectivity index (χ1n) is 8.42. The van der Waals surface area contributed by atoms with E-state index in [2.05, 4.69) is 4.98 Å². The Morgan fingerprint density at radius 3 is 2.54 bits per heavy atom. The predicted molar refractivity (Wildman–Crippen MR) is 102 cm³/mol. The molecular formula is C21H19NO3S. The predicted octanol–water partition coefficient (Wildman–Crippen LogP) is 4.47. The molecule has 0 radical (unpaired) electrons. The van der Waals surface area contributed by atoms with E-state index in [0.29, 0.717) is 22.4 Å². The topological polar surface area (TPSA) is 56.3 Å². The maximum Gasteiger partial charge on any atom is 0.338 e. The average molecular weight is 365 g/mol. The number of pyridine rings is 1. The number of hydrogen-bond donors (Lipinski definition) is 0. The summed E-state index contributed by atoms with van der Waals surface area (Å²) in [6.07, 6.45) is 1.42. The lowest BCUT2D eigenvalue weighted by Gasteiger charge is -2.08. The number of carbonyl (C=O) groups excluding carboxylic acids is 2. The van der Waals surface area contributed by atoms with Gasteiger partial charge in [0, 0.05) is 17.0 Å². The number of carbonyl (C=O) groups is 2. The number of thiophene rings is 1. The van der Waals surface area contributed by atoms with Crippen molar-refractivity contribution in [2.24, 2.45) is 0 Å². The van der Waals surface area contributed by atoms with Crippen molar-refractivity contribution in [2.75, 3.05) is 6.61 Å².